The van der Waals surface area contributed by atoms with Gasteiger partial charge in [-0.1, -0.05) is 11.3 Å². The third-order valence-electron chi connectivity index (χ3n) is 4.99. The van der Waals surface area contributed by atoms with Crippen LogP contribution < -0.4 is 5.73 Å². The summed E-state index contributed by atoms with van der Waals surface area (Å²) in [6, 6.07) is 4.19. The molecule has 1 atom stereocenters. The molecule has 1 aliphatic carbocycles. The molecule has 25 heavy (non-hydrogen) atoms. The van der Waals surface area contributed by atoms with E-state index in [0.717, 1.165) is 26.9 Å². The summed E-state index contributed by atoms with van der Waals surface area (Å²) in [5.41, 5.74) is 7.51. The van der Waals surface area contributed by atoms with Gasteiger partial charge in [0.2, 0.25) is 0 Å². The highest BCUT2D eigenvalue weighted by atomic mass is 32.2. The number of aromatic nitrogens is 2. The van der Waals surface area contributed by atoms with E-state index in [0.29, 0.717) is 22.0 Å². The van der Waals surface area contributed by atoms with Crippen LogP contribution in [0.5, 0.6) is 0 Å². The van der Waals surface area contributed by atoms with Crippen molar-refractivity contribution in [2.45, 2.75) is 37.6 Å². The van der Waals surface area contributed by atoms with Crippen molar-refractivity contribution in [3.05, 3.63) is 30.2 Å². The van der Waals surface area contributed by atoms with Crippen molar-refractivity contribution in [2.24, 2.45) is 5.92 Å². The molecule has 4 rings (SSSR count). The summed E-state index contributed by atoms with van der Waals surface area (Å²) in [6.45, 7) is 4.10. The Labute approximate surface area is 151 Å². The summed E-state index contributed by atoms with van der Waals surface area (Å²) in [6.07, 6.45) is 7.81. The minimum absolute atomic E-state index is 0.369. The first-order valence-electron chi connectivity index (χ1n) is 8.32. The highest BCUT2D eigenvalue weighted by molar-refractivity contribution is 7.91. The lowest BCUT2D eigenvalue weighted by molar-refractivity contribution is 0.489. The molecule has 0 spiro atoms. The van der Waals surface area contributed by atoms with E-state index in [1.54, 1.807) is 6.07 Å². The average molecular weight is 376 g/mol. The van der Waals surface area contributed by atoms with Gasteiger partial charge in [0.15, 0.2) is 15.0 Å². The Morgan fingerprint density at radius 2 is 2.04 bits per heavy atom. The molecule has 0 amide bonds. The molecule has 132 valence electrons. The van der Waals surface area contributed by atoms with E-state index in [2.05, 4.69) is 22.7 Å². The Balaban J connectivity index is 1.95. The predicted octanol–water partition coefficient (Wildman–Crippen LogP) is 4.03. The van der Waals surface area contributed by atoms with Crippen LogP contribution in [0.15, 0.2) is 29.4 Å². The van der Waals surface area contributed by atoms with Crippen molar-refractivity contribution < 1.29 is 8.42 Å². The van der Waals surface area contributed by atoms with Crippen LogP contribution in [0.3, 0.4) is 0 Å². The number of benzene rings is 1. The molecule has 0 radical (unpaired) electrons. The number of aryl methyl sites for hydroxylation is 1. The second-order valence-electron chi connectivity index (χ2n) is 7.00. The van der Waals surface area contributed by atoms with Crippen molar-refractivity contribution in [2.75, 3.05) is 12.0 Å². The van der Waals surface area contributed by atoms with Gasteiger partial charge in [0, 0.05) is 35.5 Å². The van der Waals surface area contributed by atoms with Crippen LogP contribution in [0.1, 0.15) is 31.5 Å². The highest BCUT2D eigenvalue weighted by Crippen LogP contribution is 2.41. The Hall–Kier alpha value is -1.86. The Kier molecular flexibility index (Phi) is 3.70. The van der Waals surface area contributed by atoms with Gasteiger partial charge in [0.25, 0.3) is 0 Å². The van der Waals surface area contributed by atoms with Gasteiger partial charge in [0.1, 0.15) is 0 Å². The van der Waals surface area contributed by atoms with Crippen LogP contribution >= 0.6 is 11.3 Å². The quantitative estimate of drug-likeness (QED) is 0.747. The number of nitrogen functional groups attached to an aromatic ring is 1. The molecule has 1 saturated carbocycles. The molecule has 1 aliphatic rings. The third kappa shape index (κ3) is 2.95. The summed E-state index contributed by atoms with van der Waals surface area (Å²) in [5.74, 6) is 0.700. The van der Waals surface area contributed by atoms with E-state index < -0.39 is 9.84 Å². The van der Waals surface area contributed by atoms with Crippen molar-refractivity contribution in [3.63, 3.8) is 0 Å². The topological polar surface area (TPSA) is 78.0 Å². The SMILES string of the molecule is Cc1nc(N)sc1-c1cc(S(C)(=O)=O)c2cn([C@@H](C)C3CC3)cc2c1. The third-order valence-corrected chi connectivity index (χ3v) is 7.16. The number of hydrogen-bond donors (Lipinski definition) is 1. The molecule has 2 N–H and O–H groups in total. The molecule has 1 aromatic carbocycles. The second kappa shape index (κ2) is 5.57. The van der Waals surface area contributed by atoms with Crippen molar-refractivity contribution in [1.29, 1.82) is 0 Å². The number of rotatable bonds is 4. The second-order valence-corrected chi connectivity index (χ2v) is 10.0. The number of thiazole rings is 1. The van der Waals surface area contributed by atoms with Gasteiger partial charge < -0.3 is 10.3 Å². The maximum atomic E-state index is 12.4. The van der Waals surface area contributed by atoms with Gasteiger partial charge in [-0.3, -0.25) is 0 Å². The van der Waals surface area contributed by atoms with Crippen molar-refractivity contribution >= 4 is 37.1 Å². The van der Waals surface area contributed by atoms with Gasteiger partial charge in [-0.2, -0.15) is 0 Å². The summed E-state index contributed by atoms with van der Waals surface area (Å²) in [5, 5.41) is 2.22. The van der Waals surface area contributed by atoms with Crippen LogP contribution in [-0.4, -0.2) is 24.2 Å². The minimum atomic E-state index is -3.34. The first-order valence-corrected chi connectivity index (χ1v) is 11.0. The first kappa shape index (κ1) is 16.6. The maximum absolute atomic E-state index is 12.4. The fourth-order valence-electron chi connectivity index (χ4n) is 3.42. The van der Waals surface area contributed by atoms with Crippen molar-refractivity contribution in [3.8, 4) is 10.4 Å². The van der Waals surface area contributed by atoms with E-state index in [-0.39, 0.29) is 0 Å². The van der Waals surface area contributed by atoms with E-state index in [1.165, 1.54) is 30.4 Å². The number of sulfone groups is 1. The molecule has 7 heteroatoms. The van der Waals surface area contributed by atoms with Gasteiger partial charge >= 0.3 is 0 Å². The molecule has 2 heterocycles. The van der Waals surface area contributed by atoms with Crippen LogP contribution in [0.25, 0.3) is 21.2 Å². The molecule has 2 aromatic heterocycles. The minimum Gasteiger partial charge on any atom is -0.375 e. The van der Waals surface area contributed by atoms with Gasteiger partial charge in [-0.15, -0.1) is 0 Å². The molecular formula is C18H21N3O2S2. The number of hydrogen-bond acceptors (Lipinski definition) is 5. The van der Waals surface area contributed by atoms with Gasteiger partial charge in [0.05, 0.1) is 15.5 Å². The Morgan fingerprint density at radius 1 is 1.32 bits per heavy atom. The number of nitrogens with zero attached hydrogens (tertiary/aromatic N) is 2. The molecule has 3 aromatic rings. The maximum Gasteiger partial charge on any atom is 0.180 e. The van der Waals surface area contributed by atoms with Crippen LogP contribution in [0.4, 0.5) is 5.13 Å². The standard InChI is InChI=1S/C18H21N3O2S2/c1-10-17(24-18(19)20-10)13-6-14-8-21(11(2)12-4-5-12)9-15(14)16(7-13)25(3,22)23/h6-9,11-12H,4-5H2,1-3H3,(H2,19,20)/t11-/m0/s1. The van der Waals surface area contributed by atoms with Gasteiger partial charge in [-0.25, -0.2) is 13.4 Å². The van der Waals surface area contributed by atoms with Crippen LogP contribution in [-0.2, 0) is 9.84 Å². The normalized spacial score (nSPS) is 16.4. The van der Waals surface area contributed by atoms with E-state index in [9.17, 15) is 8.42 Å². The van der Waals surface area contributed by atoms with Gasteiger partial charge in [-0.05, 0) is 50.3 Å². The summed E-state index contributed by atoms with van der Waals surface area (Å²) in [7, 11) is -3.34. The van der Waals surface area contributed by atoms with E-state index >= 15 is 0 Å². The number of nitrogens with two attached hydrogens (primary N) is 1. The summed E-state index contributed by atoms with van der Waals surface area (Å²) >= 11 is 1.39. The van der Waals surface area contributed by atoms with Crippen LogP contribution in [0, 0.1) is 12.8 Å². The largest absolute Gasteiger partial charge is 0.375 e. The number of fused-ring (bicyclic) bond motifs is 1. The fraction of sp³-hybridized carbons (Fsp3) is 0.389. The van der Waals surface area contributed by atoms with E-state index in [1.807, 2.05) is 19.2 Å². The summed E-state index contributed by atoms with van der Waals surface area (Å²) in [4.78, 5) is 5.56. The van der Waals surface area contributed by atoms with Crippen LogP contribution in [0.2, 0.25) is 0 Å². The van der Waals surface area contributed by atoms with Crippen molar-refractivity contribution in [1.82, 2.24) is 9.55 Å². The lowest BCUT2D eigenvalue weighted by Gasteiger charge is -2.11. The monoisotopic (exact) mass is 375 g/mol. The summed E-state index contributed by atoms with van der Waals surface area (Å²) < 4.78 is 27.0. The van der Waals surface area contributed by atoms with E-state index in [4.69, 9.17) is 5.73 Å². The number of anilines is 1. The molecule has 0 aliphatic heterocycles. The molecule has 5 nitrogen and oxygen atoms in total. The zero-order valence-electron chi connectivity index (χ0n) is 14.5. The lowest BCUT2D eigenvalue weighted by atomic mass is 10.1. The molecule has 1 fully saturated rings. The first-order chi connectivity index (χ1) is 11.7. The lowest BCUT2D eigenvalue weighted by Crippen LogP contribution is -2.03. The molecule has 0 saturated heterocycles. The smallest absolute Gasteiger partial charge is 0.180 e. The molecular weight excluding hydrogens is 354 g/mol. The average Bonchev–Trinajstić information content (AvgIpc) is 3.19. The highest BCUT2D eigenvalue weighted by Gasteiger charge is 2.29. The predicted molar refractivity (Wildman–Crippen MR) is 103 cm³/mol. The Morgan fingerprint density at radius 3 is 2.60 bits per heavy atom. The molecule has 0 unspecified atom stereocenters. The zero-order chi connectivity index (χ0) is 17.9. The zero-order valence-corrected chi connectivity index (χ0v) is 16.1. The molecule has 0 bridgehead atoms. The fourth-order valence-corrected chi connectivity index (χ4v) is 5.15. The Bertz CT molecular complexity index is 1080.